The predicted molar refractivity (Wildman–Crippen MR) is 99.4 cm³/mol. The molecule has 7 nitrogen and oxygen atoms in total. The van der Waals surface area contributed by atoms with Crippen molar-refractivity contribution >= 4 is 11.6 Å². The van der Waals surface area contributed by atoms with Crippen LogP contribution in [0, 0.1) is 0 Å². The lowest BCUT2D eigenvalue weighted by Gasteiger charge is -2.35. The number of pyridine rings is 1. The molecule has 0 spiro atoms. The second kappa shape index (κ2) is 6.75. The SMILES string of the molecule is O=C(N[C@@H]1C[C@H]2CO[C@@H](c3ccccc3)CN2C1)c1ccn2ncnc2c1. The van der Waals surface area contributed by atoms with Crippen molar-refractivity contribution < 1.29 is 9.53 Å². The van der Waals surface area contributed by atoms with Crippen LogP contribution in [-0.4, -0.2) is 57.2 Å². The topological polar surface area (TPSA) is 71.8 Å². The molecule has 2 saturated heterocycles. The van der Waals surface area contributed by atoms with Crippen molar-refractivity contribution in [1.82, 2.24) is 24.8 Å². The van der Waals surface area contributed by atoms with Gasteiger partial charge in [-0.3, -0.25) is 9.69 Å². The fourth-order valence-corrected chi connectivity index (χ4v) is 4.07. The minimum atomic E-state index is -0.0640. The molecule has 3 atom stereocenters. The maximum absolute atomic E-state index is 12.6. The van der Waals surface area contributed by atoms with Gasteiger partial charge in [0.25, 0.3) is 5.91 Å². The number of nitrogens with one attached hydrogen (secondary N) is 1. The van der Waals surface area contributed by atoms with Gasteiger partial charge in [-0.1, -0.05) is 30.3 Å². The van der Waals surface area contributed by atoms with Gasteiger partial charge in [0.05, 0.1) is 12.7 Å². The molecule has 2 aliphatic heterocycles. The van der Waals surface area contributed by atoms with Crippen LogP contribution in [0.2, 0.25) is 0 Å². The van der Waals surface area contributed by atoms with Crippen LogP contribution in [0.1, 0.15) is 28.4 Å². The minimum absolute atomic E-state index is 0.0640. The molecule has 4 heterocycles. The number of amides is 1. The lowest BCUT2D eigenvalue weighted by atomic mass is 10.1. The highest BCUT2D eigenvalue weighted by Crippen LogP contribution is 2.30. The number of ether oxygens (including phenoxy) is 1. The van der Waals surface area contributed by atoms with Crippen LogP contribution < -0.4 is 5.32 Å². The van der Waals surface area contributed by atoms with Crippen molar-refractivity contribution in [3.8, 4) is 0 Å². The monoisotopic (exact) mass is 363 g/mol. The standard InChI is InChI=1S/C20H21N5O2/c26-20(15-6-7-25-19(8-15)21-13-22-25)23-16-9-17-12-27-18(11-24(17)10-16)14-4-2-1-3-5-14/h1-8,13,16-18H,9-12H2,(H,23,26)/t16-,17+,18-/m1/s1. The molecule has 0 aliphatic carbocycles. The van der Waals surface area contributed by atoms with E-state index in [0.717, 1.165) is 19.5 Å². The number of nitrogens with zero attached hydrogens (tertiary/aromatic N) is 4. The Balaban J connectivity index is 1.23. The number of fused-ring (bicyclic) bond motifs is 2. The van der Waals surface area contributed by atoms with Gasteiger partial charge in [0.15, 0.2) is 5.65 Å². The smallest absolute Gasteiger partial charge is 0.251 e. The molecule has 138 valence electrons. The first-order chi connectivity index (χ1) is 13.3. The molecule has 1 N–H and O–H groups in total. The van der Waals surface area contributed by atoms with Crippen LogP contribution in [-0.2, 0) is 4.74 Å². The molecule has 0 saturated carbocycles. The van der Waals surface area contributed by atoms with Gasteiger partial charge in [-0.15, -0.1) is 0 Å². The molecule has 1 aromatic carbocycles. The van der Waals surface area contributed by atoms with Gasteiger partial charge in [0.2, 0.25) is 0 Å². The summed E-state index contributed by atoms with van der Waals surface area (Å²) in [5, 5.41) is 7.23. The van der Waals surface area contributed by atoms with Crippen LogP contribution in [0.3, 0.4) is 0 Å². The van der Waals surface area contributed by atoms with E-state index in [2.05, 4.69) is 32.4 Å². The van der Waals surface area contributed by atoms with E-state index >= 15 is 0 Å². The highest BCUT2D eigenvalue weighted by molar-refractivity contribution is 5.95. The second-order valence-electron chi connectivity index (χ2n) is 7.22. The molecular formula is C20H21N5O2. The molecule has 2 fully saturated rings. The zero-order valence-electron chi connectivity index (χ0n) is 14.9. The number of rotatable bonds is 3. The number of carbonyl (C=O) groups excluding carboxylic acids is 1. The summed E-state index contributed by atoms with van der Waals surface area (Å²) in [6, 6.07) is 14.4. The molecule has 2 aliphatic rings. The quantitative estimate of drug-likeness (QED) is 0.767. The summed E-state index contributed by atoms with van der Waals surface area (Å²) in [4.78, 5) is 19.2. The number of hydrogen-bond acceptors (Lipinski definition) is 5. The van der Waals surface area contributed by atoms with Crippen LogP contribution >= 0.6 is 0 Å². The van der Waals surface area contributed by atoms with E-state index in [1.165, 1.54) is 11.9 Å². The maximum Gasteiger partial charge on any atom is 0.251 e. The molecule has 5 rings (SSSR count). The molecule has 3 aromatic rings. The number of hydrogen-bond donors (Lipinski definition) is 1. The average molecular weight is 363 g/mol. The fraction of sp³-hybridized carbons (Fsp3) is 0.350. The van der Waals surface area contributed by atoms with Crippen molar-refractivity contribution in [3.63, 3.8) is 0 Å². The van der Waals surface area contributed by atoms with Gasteiger partial charge in [-0.2, -0.15) is 5.10 Å². The van der Waals surface area contributed by atoms with Gasteiger partial charge in [0, 0.05) is 36.9 Å². The van der Waals surface area contributed by atoms with Crippen LogP contribution in [0.25, 0.3) is 5.65 Å². The highest BCUT2D eigenvalue weighted by atomic mass is 16.5. The zero-order valence-corrected chi connectivity index (χ0v) is 14.9. The molecule has 1 amide bonds. The summed E-state index contributed by atoms with van der Waals surface area (Å²) in [5.41, 5.74) is 2.49. The molecule has 0 bridgehead atoms. The van der Waals surface area contributed by atoms with Gasteiger partial charge >= 0.3 is 0 Å². The second-order valence-corrected chi connectivity index (χ2v) is 7.22. The molecule has 2 aromatic heterocycles. The van der Waals surface area contributed by atoms with E-state index in [9.17, 15) is 4.79 Å². The maximum atomic E-state index is 12.6. The summed E-state index contributed by atoms with van der Waals surface area (Å²) >= 11 is 0. The summed E-state index contributed by atoms with van der Waals surface area (Å²) in [7, 11) is 0. The van der Waals surface area contributed by atoms with Crippen LogP contribution in [0.5, 0.6) is 0 Å². The summed E-state index contributed by atoms with van der Waals surface area (Å²) < 4.78 is 7.73. The Morgan fingerprint density at radius 2 is 2.07 bits per heavy atom. The van der Waals surface area contributed by atoms with E-state index in [1.54, 1.807) is 22.8 Å². The lowest BCUT2D eigenvalue weighted by Crippen LogP contribution is -2.43. The largest absolute Gasteiger partial charge is 0.371 e. The van der Waals surface area contributed by atoms with Crippen molar-refractivity contribution in [3.05, 3.63) is 66.1 Å². The Kier molecular flexibility index (Phi) is 4.10. The van der Waals surface area contributed by atoms with Crippen molar-refractivity contribution in [1.29, 1.82) is 0 Å². The third-order valence-corrected chi connectivity index (χ3v) is 5.47. The van der Waals surface area contributed by atoms with Crippen molar-refractivity contribution in [2.75, 3.05) is 19.7 Å². The Morgan fingerprint density at radius 1 is 1.19 bits per heavy atom. The first-order valence-electron chi connectivity index (χ1n) is 9.27. The molecule has 27 heavy (non-hydrogen) atoms. The van der Waals surface area contributed by atoms with Crippen molar-refractivity contribution in [2.24, 2.45) is 0 Å². The Morgan fingerprint density at radius 3 is 2.96 bits per heavy atom. The van der Waals surface area contributed by atoms with Crippen LogP contribution in [0.4, 0.5) is 0 Å². The zero-order chi connectivity index (χ0) is 18.2. The molecular weight excluding hydrogens is 342 g/mol. The summed E-state index contributed by atoms with van der Waals surface area (Å²) in [5.74, 6) is -0.0640. The number of carbonyl (C=O) groups is 1. The molecule has 0 unspecified atom stereocenters. The van der Waals surface area contributed by atoms with Crippen LogP contribution in [0.15, 0.2) is 55.0 Å². The third kappa shape index (κ3) is 3.20. The lowest BCUT2D eigenvalue weighted by molar-refractivity contribution is -0.0502. The predicted octanol–water partition coefficient (Wildman–Crippen LogP) is 1.67. The first-order valence-corrected chi connectivity index (χ1v) is 9.27. The van der Waals surface area contributed by atoms with E-state index in [-0.39, 0.29) is 18.1 Å². The minimum Gasteiger partial charge on any atom is -0.371 e. The molecule has 7 heteroatoms. The van der Waals surface area contributed by atoms with Gasteiger partial charge in [-0.25, -0.2) is 9.50 Å². The summed E-state index contributed by atoms with van der Waals surface area (Å²) in [6.45, 7) is 2.43. The third-order valence-electron chi connectivity index (χ3n) is 5.47. The highest BCUT2D eigenvalue weighted by Gasteiger charge is 2.38. The first kappa shape index (κ1) is 16.4. The van der Waals surface area contributed by atoms with E-state index in [4.69, 9.17) is 4.74 Å². The normalized spacial score (nSPS) is 25.4. The Bertz CT molecular complexity index is 957. The van der Waals surface area contributed by atoms with E-state index in [0.29, 0.717) is 23.9 Å². The number of benzene rings is 1. The fourth-order valence-electron chi connectivity index (χ4n) is 4.07. The number of aromatic nitrogens is 3. The van der Waals surface area contributed by atoms with Crippen molar-refractivity contribution in [2.45, 2.75) is 24.6 Å². The Labute approximate surface area is 157 Å². The van der Waals surface area contributed by atoms with E-state index < -0.39 is 0 Å². The van der Waals surface area contributed by atoms with Gasteiger partial charge in [-0.05, 0) is 24.1 Å². The van der Waals surface area contributed by atoms with Gasteiger partial charge in [0.1, 0.15) is 6.33 Å². The average Bonchev–Trinajstić information content (AvgIpc) is 3.33. The number of morpholine rings is 1. The molecule has 0 radical (unpaired) electrons. The summed E-state index contributed by atoms with van der Waals surface area (Å²) in [6.07, 6.45) is 4.26. The van der Waals surface area contributed by atoms with Gasteiger partial charge < -0.3 is 10.1 Å². The van der Waals surface area contributed by atoms with E-state index in [1.807, 2.05) is 18.2 Å². The Hall–Kier alpha value is -2.77.